The SMILES string of the molecule is CC(C=C(C(F)(F)F)C(F)(F)F)=Nc1c(C)cccc1C. The molecule has 0 saturated heterocycles. The minimum absolute atomic E-state index is 0.0197. The van der Waals surface area contributed by atoms with Gasteiger partial charge in [0.1, 0.15) is 5.57 Å². The molecule has 116 valence electrons. The van der Waals surface area contributed by atoms with Crippen molar-refractivity contribution in [3.05, 3.63) is 41.0 Å². The number of hydrogen-bond acceptors (Lipinski definition) is 1. The minimum Gasteiger partial charge on any atom is -0.253 e. The first kappa shape index (κ1) is 17.3. The summed E-state index contributed by atoms with van der Waals surface area (Å²) < 4.78 is 74.6. The molecule has 0 aromatic heterocycles. The summed E-state index contributed by atoms with van der Waals surface area (Å²) in [5.41, 5.74) is -1.22. The van der Waals surface area contributed by atoms with Gasteiger partial charge >= 0.3 is 12.4 Å². The summed E-state index contributed by atoms with van der Waals surface area (Å²) in [6.45, 7) is 4.46. The zero-order chi connectivity index (χ0) is 16.4. The largest absolute Gasteiger partial charge is 0.421 e. The van der Waals surface area contributed by atoms with Gasteiger partial charge in [0.15, 0.2) is 0 Å². The summed E-state index contributed by atoms with van der Waals surface area (Å²) >= 11 is 0. The lowest BCUT2D eigenvalue weighted by Gasteiger charge is -2.15. The molecule has 1 rings (SSSR count). The highest BCUT2D eigenvalue weighted by atomic mass is 19.4. The van der Waals surface area contributed by atoms with E-state index in [-0.39, 0.29) is 11.8 Å². The highest BCUT2D eigenvalue weighted by Gasteiger charge is 2.50. The third kappa shape index (κ3) is 4.61. The number of nitrogens with zero attached hydrogens (tertiary/aromatic N) is 1. The molecule has 0 spiro atoms. The van der Waals surface area contributed by atoms with Crippen LogP contribution in [0.5, 0.6) is 0 Å². The number of para-hydroxylation sites is 1. The summed E-state index contributed by atoms with van der Waals surface area (Å²) in [5, 5.41) is 0. The van der Waals surface area contributed by atoms with E-state index in [1.807, 2.05) is 0 Å². The Kier molecular flexibility index (Phi) is 4.86. The summed E-state index contributed by atoms with van der Waals surface area (Å²) in [7, 11) is 0. The molecular formula is C14H13F6N. The van der Waals surface area contributed by atoms with Gasteiger partial charge in [-0.2, -0.15) is 26.3 Å². The second kappa shape index (κ2) is 5.91. The van der Waals surface area contributed by atoms with Crippen LogP contribution in [0.3, 0.4) is 0 Å². The second-order valence-corrected chi connectivity index (χ2v) is 4.55. The molecule has 0 radical (unpaired) electrons. The van der Waals surface area contributed by atoms with Crippen molar-refractivity contribution in [2.24, 2.45) is 4.99 Å². The summed E-state index contributed by atoms with van der Waals surface area (Å²) in [4.78, 5) is 3.87. The van der Waals surface area contributed by atoms with Crippen molar-refractivity contribution < 1.29 is 26.3 Å². The van der Waals surface area contributed by atoms with Crippen LogP contribution < -0.4 is 0 Å². The maximum absolute atomic E-state index is 12.4. The minimum atomic E-state index is -5.48. The first-order valence-corrected chi connectivity index (χ1v) is 5.90. The highest BCUT2D eigenvalue weighted by Crippen LogP contribution is 2.38. The first-order valence-electron chi connectivity index (χ1n) is 5.90. The van der Waals surface area contributed by atoms with Crippen LogP contribution in [0.4, 0.5) is 32.0 Å². The molecule has 0 aliphatic rings. The smallest absolute Gasteiger partial charge is 0.253 e. The van der Waals surface area contributed by atoms with Gasteiger partial charge < -0.3 is 0 Å². The number of alkyl halides is 6. The van der Waals surface area contributed by atoms with Gasteiger partial charge in [-0.05, 0) is 38.0 Å². The van der Waals surface area contributed by atoms with Gasteiger partial charge in [-0.15, -0.1) is 0 Å². The number of hydrogen-bond donors (Lipinski definition) is 0. The van der Waals surface area contributed by atoms with Gasteiger partial charge in [-0.3, -0.25) is 4.99 Å². The summed E-state index contributed by atoms with van der Waals surface area (Å²) in [5.74, 6) is 0. The zero-order valence-corrected chi connectivity index (χ0v) is 11.5. The monoisotopic (exact) mass is 309 g/mol. The van der Waals surface area contributed by atoms with Gasteiger partial charge in [0.2, 0.25) is 0 Å². The lowest BCUT2D eigenvalue weighted by atomic mass is 10.1. The molecule has 1 aromatic rings. The summed E-state index contributed by atoms with van der Waals surface area (Å²) in [6, 6.07) is 5.08. The van der Waals surface area contributed by atoms with Crippen LogP contribution in [0, 0.1) is 13.8 Å². The van der Waals surface area contributed by atoms with Crippen molar-refractivity contribution in [1.29, 1.82) is 0 Å². The molecule has 0 unspecified atom stereocenters. The van der Waals surface area contributed by atoms with Crippen LogP contribution in [0.25, 0.3) is 0 Å². The van der Waals surface area contributed by atoms with Crippen molar-refractivity contribution in [3.8, 4) is 0 Å². The fourth-order valence-electron chi connectivity index (χ4n) is 1.72. The molecule has 0 heterocycles. The zero-order valence-electron chi connectivity index (χ0n) is 11.5. The average molecular weight is 309 g/mol. The van der Waals surface area contributed by atoms with E-state index in [2.05, 4.69) is 4.99 Å². The third-order valence-corrected chi connectivity index (χ3v) is 2.69. The number of allylic oxidation sites excluding steroid dienone is 2. The molecule has 1 nitrogen and oxygen atoms in total. The van der Waals surface area contributed by atoms with Crippen LogP contribution in [0.1, 0.15) is 18.1 Å². The highest BCUT2D eigenvalue weighted by molar-refractivity contribution is 5.96. The molecule has 0 atom stereocenters. The van der Waals surface area contributed by atoms with Gasteiger partial charge in [-0.1, -0.05) is 18.2 Å². The predicted molar refractivity (Wildman–Crippen MR) is 68.9 cm³/mol. The van der Waals surface area contributed by atoms with E-state index in [4.69, 9.17) is 0 Å². The van der Waals surface area contributed by atoms with Crippen molar-refractivity contribution in [1.82, 2.24) is 0 Å². The quantitative estimate of drug-likeness (QED) is 0.509. The molecule has 0 aliphatic heterocycles. The van der Waals surface area contributed by atoms with Crippen molar-refractivity contribution in [2.45, 2.75) is 33.1 Å². The number of halogens is 6. The Morgan fingerprint density at radius 1 is 0.952 bits per heavy atom. The van der Waals surface area contributed by atoms with Crippen LogP contribution >= 0.6 is 0 Å². The van der Waals surface area contributed by atoms with Crippen molar-refractivity contribution >= 4 is 11.4 Å². The van der Waals surface area contributed by atoms with E-state index in [1.54, 1.807) is 32.0 Å². The molecule has 0 aliphatic carbocycles. The van der Waals surface area contributed by atoms with E-state index in [1.165, 1.54) is 0 Å². The van der Waals surface area contributed by atoms with Gasteiger partial charge in [0.05, 0.1) is 5.69 Å². The molecule has 21 heavy (non-hydrogen) atoms. The van der Waals surface area contributed by atoms with E-state index >= 15 is 0 Å². The van der Waals surface area contributed by atoms with Crippen LogP contribution in [0.15, 0.2) is 34.8 Å². The lowest BCUT2D eigenvalue weighted by Crippen LogP contribution is -2.26. The van der Waals surface area contributed by atoms with Crippen LogP contribution in [-0.4, -0.2) is 18.1 Å². The maximum atomic E-state index is 12.4. The molecule has 0 saturated carbocycles. The molecule has 1 aromatic carbocycles. The van der Waals surface area contributed by atoms with Crippen molar-refractivity contribution in [3.63, 3.8) is 0 Å². The van der Waals surface area contributed by atoms with Crippen molar-refractivity contribution in [2.75, 3.05) is 0 Å². The number of rotatable bonds is 2. The Morgan fingerprint density at radius 3 is 1.76 bits per heavy atom. The van der Waals surface area contributed by atoms with Crippen LogP contribution in [-0.2, 0) is 0 Å². The average Bonchev–Trinajstić information content (AvgIpc) is 2.28. The van der Waals surface area contributed by atoms with E-state index in [9.17, 15) is 26.3 Å². The topological polar surface area (TPSA) is 12.4 Å². The fraction of sp³-hybridized carbons (Fsp3) is 0.357. The van der Waals surface area contributed by atoms with Gasteiger partial charge in [0.25, 0.3) is 0 Å². The number of aliphatic imine (C=N–C) groups is 1. The standard InChI is InChI=1S/C14H13F6N/c1-8-5-4-6-9(2)12(8)21-10(3)7-11(13(15,16)17)14(18,19)20/h4-7H,1-3H3. The molecule has 0 bridgehead atoms. The lowest BCUT2D eigenvalue weighted by molar-refractivity contribution is -0.171. The number of benzene rings is 1. The molecule has 0 amide bonds. The second-order valence-electron chi connectivity index (χ2n) is 4.55. The van der Waals surface area contributed by atoms with Gasteiger partial charge in [-0.25, -0.2) is 0 Å². The molecule has 0 N–H and O–H groups in total. The summed E-state index contributed by atoms with van der Waals surface area (Å²) in [6.07, 6.45) is -10.9. The molecule has 7 heteroatoms. The van der Waals surface area contributed by atoms with E-state index < -0.39 is 17.9 Å². The Labute approximate surface area is 118 Å². The Bertz CT molecular complexity index is 542. The van der Waals surface area contributed by atoms with Crippen LogP contribution in [0.2, 0.25) is 0 Å². The number of aryl methyl sites for hydroxylation is 2. The Hall–Kier alpha value is -1.79. The van der Waals surface area contributed by atoms with Gasteiger partial charge in [0, 0.05) is 5.71 Å². The Balaban J connectivity index is 3.32. The molecule has 0 fully saturated rings. The first-order chi connectivity index (χ1) is 9.43. The molecular weight excluding hydrogens is 296 g/mol. The Morgan fingerprint density at radius 2 is 1.38 bits per heavy atom. The fourth-order valence-corrected chi connectivity index (χ4v) is 1.72. The van der Waals surface area contributed by atoms with E-state index in [0.29, 0.717) is 16.8 Å². The van der Waals surface area contributed by atoms with E-state index in [0.717, 1.165) is 6.92 Å². The normalized spacial score (nSPS) is 13.3. The maximum Gasteiger partial charge on any atom is 0.421 e. The predicted octanol–water partition coefficient (Wildman–Crippen LogP) is 5.45. The third-order valence-electron chi connectivity index (χ3n) is 2.69.